The fraction of sp³-hybridized carbons (Fsp3) is 0.353. The third-order valence-electron chi connectivity index (χ3n) is 3.94. The molecule has 1 N–H and O–H groups in total. The van der Waals surface area contributed by atoms with Gasteiger partial charge in [0.1, 0.15) is 0 Å². The highest BCUT2D eigenvalue weighted by Gasteiger charge is 2.14. The van der Waals surface area contributed by atoms with E-state index in [-0.39, 0.29) is 17.4 Å². The molecule has 0 saturated carbocycles. The summed E-state index contributed by atoms with van der Waals surface area (Å²) in [4.78, 5) is 11.4. The van der Waals surface area contributed by atoms with E-state index in [0.717, 1.165) is 11.4 Å². The molecule has 2 aromatic rings. The molecule has 0 aliphatic heterocycles. The zero-order valence-corrected chi connectivity index (χ0v) is 15.7. The number of hydrogen-bond acceptors (Lipinski definition) is 4. The van der Waals surface area contributed by atoms with Crippen molar-refractivity contribution in [2.75, 3.05) is 13.7 Å². The Bertz CT molecular complexity index is 829. The molecule has 0 aliphatic carbocycles. The Kier molecular flexibility index (Phi) is 6.64. The topological polar surface area (TPSA) is 77.4 Å². The normalized spacial score (nSPS) is 11.5. The zero-order chi connectivity index (χ0) is 18.4. The highest BCUT2D eigenvalue weighted by atomic mass is 35.5. The third-order valence-corrected chi connectivity index (χ3v) is 5.67. The molecular weight excluding hydrogens is 364 g/mol. The molecule has 2 rings (SSSR count). The minimum atomic E-state index is -3.56. The first kappa shape index (κ1) is 19.5. The molecule has 1 aromatic heterocycles. The van der Waals surface area contributed by atoms with Gasteiger partial charge in [-0.25, -0.2) is 13.1 Å². The second-order valence-electron chi connectivity index (χ2n) is 5.55. The fourth-order valence-electron chi connectivity index (χ4n) is 2.45. The molecule has 0 saturated heterocycles. The van der Waals surface area contributed by atoms with Gasteiger partial charge >= 0.3 is 5.97 Å². The highest BCUT2D eigenvalue weighted by Crippen LogP contribution is 2.14. The number of aromatic nitrogens is 1. The van der Waals surface area contributed by atoms with Crippen LogP contribution in [0, 0.1) is 0 Å². The number of benzene rings is 1. The number of rotatable bonds is 8. The van der Waals surface area contributed by atoms with E-state index in [1.165, 1.54) is 19.2 Å². The van der Waals surface area contributed by atoms with Gasteiger partial charge in [-0.05, 0) is 42.8 Å². The number of carbonyl (C=O) groups is 1. The molecule has 6 nitrogen and oxygen atoms in total. The molecule has 0 spiro atoms. The first-order chi connectivity index (χ1) is 11.8. The summed E-state index contributed by atoms with van der Waals surface area (Å²) in [6.45, 7) is 0.277. The summed E-state index contributed by atoms with van der Waals surface area (Å²) in [7, 11) is -0.292. The number of nitrogens with zero attached hydrogens (tertiary/aromatic N) is 1. The van der Waals surface area contributed by atoms with Crippen LogP contribution in [0.1, 0.15) is 17.8 Å². The van der Waals surface area contributed by atoms with Crippen LogP contribution in [-0.2, 0) is 39.4 Å². The van der Waals surface area contributed by atoms with Crippen molar-refractivity contribution in [3.05, 3.63) is 52.8 Å². The number of carbonyl (C=O) groups excluding carboxylic acids is 1. The lowest BCUT2D eigenvalue weighted by atomic mass is 10.2. The molecule has 25 heavy (non-hydrogen) atoms. The molecule has 0 unspecified atom stereocenters. The molecule has 1 heterocycles. The molecule has 8 heteroatoms. The molecule has 0 fully saturated rings. The maximum atomic E-state index is 12.2. The summed E-state index contributed by atoms with van der Waals surface area (Å²) in [6.07, 6.45) is 1.44. The molecule has 0 aliphatic rings. The number of nitrogens with one attached hydrogen (secondary N) is 1. The number of aryl methyl sites for hydroxylation is 1. The van der Waals surface area contributed by atoms with Crippen LogP contribution in [0.25, 0.3) is 0 Å². The van der Waals surface area contributed by atoms with Crippen molar-refractivity contribution in [3.8, 4) is 0 Å². The monoisotopic (exact) mass is 384 g/mol. The van der Waals surface area contributed by atoms with Gasteiger partial charge < -0.3 is 9.30 Å². The van der Waals surface area contributed by atoms with Gasteiger partial charge in [0, 0.05) is 36.4 Å². The number of sulfonamides is 1. The molecule has 1 aromatic carbocycles. The maximum absolute atomic E-state index is 12.2. The first-order valence-corrected chi connectivity index (χ1v) is 9.65. The van der Waals surface area contributed by atoms with Gasteiger partial charge in [0.15, 0.2) is 0 Å². The molecule has 136 valence electrons. The van der Waals surface area contributed by atoms with E-state index in [4.69, 9.17) is 11.6 Å². The number of methoxy groups -OCH3 is 1. The number of hydrogen-bond donors (Lipinski definition) is 1. The summed E-state index contributed by atoms with van der Waals surface area (Å²) in [6, 6.07) is 9.90. The fourth-order valence-corrected chi connectivity index (χ4v) is 3.60. The quantitative estimate of drug-likeness (QED) is 0.708. The van der Waals surface area contributed by atoms with Crippen molar-refractivity contribution in [1.29, 1.82) is 0 Å². The van der Waals surface area contributed by atoms with Crippen LogP contribution in [0.5, 0.6) is 0 Å². The number of esters is 1. The van der Waals surface area contributed by atoms with Crippen molar-refractivity contribution in [3.63, 3.8) is 0 Å². The molecule has 0 amide bonds. The Balaban J connectivity index is 1.92. The smallest absolute Gasteiger partial charge is 0.305 e. The van der Waals surface area contributed by atoms with E-state index in [9.17, 15) is 13.2 Å². The van der Waals surface area contributed by atoms with E-state index in [2.05, 4.69) is 9.46 Å². The summed E-state index contributed by atoms with van der Waals surface area (Å²) in [5.41, 5.74) is 1.99. The predicted molar refractivity (Wildman–Crippen MR) is 96.1 cm³/mol. The van der Waals surface area contributed by atoms with Crippen molar-refractivity contribution < 1.29 is 17.9 Å². The second kappa shape index (κ2) is 8.51. The van der Waals surface area contributed by atoms with E-state index >= 15 is 0 Å². The second-order valence-corrected chi connectivity index (χ2v) is 7.76. The van der Waals surface area contributed by atoms with Gasteiger partial charge in [-0.15, -0.1) is 0 Å². The number of halogens is 1. The summed E-state index contributed by atoms with van der Waals surface area (Å²) in [5, 5.41) is 0.488. The Morgan fingerprint density at radius 2 is 1.72 bits per heavy atom. The Morgan fingerprint density at radius 3 is 2.32 bits per heavy atom. The van der Waals surface area contributed by atoms with E-state index in [1.54, 1.807) is 12.1 Å². The van der Waals surface area contributed by atoms with Gasteiger partial charge in [-0.2, -0.15) is 0 Å². The van der Waals surface area contributed by atoms with Gasteiger partial charge in [0.25, 0.3) is 0 Å². The molecule has 0 radical (unpaired) electrons. The van der Waals surface area contributed by atoms with Gasteiger partial charge in [0.2, 0.25) is 10.0 Å². The van der Waals surface area contributed by atoms with Gasteiger partial charge in [0.05, 0.1) is 18.4 Å². The Labute approximate surface area is 152 Å². The van der Waals surface area contributed by atoms with Crippen LogP contribution in [0.3, 0.4) is 0 Å². The lowest BCUT2D eigenvalue weighted by Gasteiger charge is -2.09. The minimum Gasteiger partial charge on any atom is -0.469 e. The van der Waals surface area contributed by atoms with Crippen LogP contribution < -0.4 is 4.72 Å². The van der Waals surface area contributed by atoms with Crippen molar-refractivity contribution >= 4 is 27.6 Å². The van der Waals surface area contributed by atoms with Crippen LogP contribution in [0.2, 0.25) is 5.02 Å². The summed E-state index contributed by atoms with van der Waals surface area (Å²) >= 11 is 5.77. The van der Waals surface area contributed by atoms with E-state index in [1.807, 2.05) is 23.7 Å². The average Bonchev–Trinajstić information content (AvgIpc) is 2.93. The van der Waals surface area contributed by atoms with Gasteiger partial charge in [-0.1, -0.05) is 11.6 Å². The van der Waals surface area contributed by atoms with Crippen molar-refractivity contribution in [2.24, 2.45) is 7.05 Å². The summed E-state index contributed by atoms with van der Waals surface area (Å²) in [5.74, 6) is -0.251. The predicted octanol–water partition coefficient (Wildman–Crippen LogP) is 2.31. The van der Waals surface area contributed by atoms with E-state index in [0.29, 0.717) is 24.3 Å². The number of ether oxygens (including phenoxy) is 1. The molecular formula is C17H21ClN2O4S. The Morgan fingerprint density at radius 1 is 1.12 bits per heavy atom. The zero-order valence-electron chi connectivity index (χ0n) is 14.2. The highest BCUT2D eigenvalue weighted by molar-refractivity contribution is 7.89. The minimum absolute atomic E-state index is 0.183. The average molecular weight is 385 g/mol. The lowest BCUT2D eigenvalue weighted by Crippen LogP contribution is -2.26. The van der Waals surface area contributed by atoms with E-state index < -0.39 is 10.0 Å². The van der Waals surface area contributed by atoms with Crippen LogP contribution >= 0.6 is 11.6 Å². The molecule has 0 bridgehead atoms. The SMILES string of the molecule is COC(=O)CCc1ccc(CCNS(=O)(=O)c2ccc(Cl)cc2)n1C. The lowest BCUT2D eigenvalue weighted by molar-refractivity contribution is -0.140. The largest absolute Gasteiger partial charge is 0.469 e. The first-order valence-electron chi connectivity index (χ1n) is 7.79. The standard InChI is InChI=1S/C17H21ClN2O4S/c1-20-14(7-10-17(21)24-2)5-6-15(20)11-12-19-25(22,23)16-8-3-13(18)4-9-16/h3-6,8-9,19H,7,10-12H2,1-2H3. The van der Waals surface area contributed by atoms with Crippen LogP contribution in [0.4, 0.5) is 0 Å². The summed E-state index contributed by atoms with van der Waals surface area (Å²) < 4.78 is 33.6. The Hall–Kier alpha value is -1.83. The van der Waals surface area contributed by atoms with Gasteiger partial charge in [-0.3, -0.25) is 4.79 Å². The van der Waals surface area contributed by atoms with Crippen molar-refractivity contribution in [2.45, 2.75) is 24.2 Å². The van der Waals surface area contributed by atoms with Crippen LogP contribution in [0.15, 0.2) is 41.3 Å². The maximum Gasteiger partial charge on any atom is 0.305 e. The van der Waals surface area contributed by atoms with Crippen LogP contribution in [-0.4, -0.2) is 32.6 Å². The van der Waals surface area contributed by atoms with Crippen molar-refractivity contribution in [1.82, 2.24) is 9.29 Å². The third kappa shape index (κ3) is 5.32. The molecule has 0 atom stereocenters.